The third-order valence-corrected chi connectivity index (χ3v) is 3.47. The fourth-order valence-electron chi connectivity index (χ4n) is 2.21. The number of amides is 4. The smallest absolute Gasteiger partial charge is 0.325 e. The Morgan fingerprint density at radius 3 is 2.59 bits per heavy atom. The van der Waals surface area contributed by atoms with Crippen LogP contribution < -0.4 is 5.32 Å². The molecule has 1 aromatic carbocycles. The molecule has 0 spiro atoms. The first kappa shape index (κ1) is 15.9. The van der Waals surface area contributed by atoms with Gasteiger partial charge in [-0.15, -0.1) is 0 Å². The maximum absolute atomic E-state index is 13.1. The first-order chi connectivity index (χ1) is 10.2. The zero-order chi connectivity index (χ0) is 16.5. The van der Waals surface area contributed by atoms with E-state index in [0.717, 1.165) is 4.90 Å². The second-order valence-electron chi connectivity index (χ2n) is 5.83. The second-order valence-corrected chi connectivity index (χ2v) is 5.83. The maximum atomic E-state index is 13.1. The Bertz CT molecular complexity index is 630. The van der Waals surface area contributed by atoms with E-state index < -0.39 is 23.4 Å². The van der Waals surface area contributed by atoms with E-state index in [9.17, 15) is 18.8 Å². The molecule has 1 fully saturated rings. The topological polar surface area (TPSA) is 69.7 Å². The van der Waals surface area contributed by atoms with Gasteiger partial charge in [-0.2, -0.15) is 0 Å². The fraction of sp³-hybridized carbons (Fsp3) is 0.400. The maximum Gasteiger partial charge on any atom is 0.325 e. The molecular formula is C15H18FN3O3. The van der Waals surface area contributed by atoms with E-state index in [2.05, 4.69) is 5.32 Å². The average molecular weight is 307 g/mol. The Kier molecular flexibility index (Phi) is 4.16. The summed E-state index contributed by atoms with van der Waals surface area (Å²) in [4.78, 5) is 38.1. The van der Waals surface area contributed by atoms with Crippen molar-refractivity contribution in [2.75, 3.05) is 13.6 Å². The number of benzene rings is 1. The molecule has 4 amide bonds. The van der Waals surface area contributed by atoms with Crippen molar-refractivity contribution in [2.45, 2.75) is 25.9 Å². The van der Waals surface area contributed by atoms with E-state index in [1.807, 2.05) is 0 Å². The van der Waals surface area contributed by atoms with Crippen LogP contribution in [-0.2, 0) is 16.1 Å². The second kappa shape index (κ2) is 5.75. The van der Waals surface area contributed by atoms with E-state index >= 15 is 0 Å². The van der Waals surface area contributed by atoms with E-state index in [0.29, 0.717) is 5.56 Å². The summed E-state index contributed by atoms with van der Waals surface area (Å²) >= 11 is 0. The van der Waals surface area contributed by atoms with Crippen molar-refractivity contribution in [2.24, 2.45) is 0 Å². The van der Waals surface area contributed by atoms with Crippen molar-refractivity contribution in [3.05, 3.63) is 35.6 Å². The predicted octanol–water partition coefficient (Wildman–Crippen LogP) is 1.11. The van der Waals surface area contributed by atoms with Crippen LogP contribution in [0.5, 0.6) is 0 Å². The number of carbonyl (C=O) groups excluding carboxylic acids is 3. The van der Waals surface area contributed by atoms with Gasteiger partial charge in [0.1, 0.15) is 17.9 Å². The van der Waals surface area contributed by atoms with Gasteiger partial charge in [-0.3, -0.25) is 14.5 Å². The molecule has 1 aliphatic rings. The Labute approximate surface area is 127 Å². The number of hydrogen-bond donors (Lipinski definition) is 1. The van der Waals surface area contributed by atoms with Gasteiger partial charge in [0.25, 0.3) is 5.91 Å². The summed E-state index contributed by atoms with van der Waals surface area (Å²) in [6, 6.07) is 5.33. The number of nitrogens with zero attached hydrogens (tertiary/aromatic N) is 2. The molecule has 2 rings (SSSR count). The lowest BCUT2D eigenvalue weighted by Crippen LogP contribution is -2.43. The molecule has 0 aromatic heterocycles. The summed E-state index contributed by atoms with van der Waals surface area (Å²) in [7, 11) is 1.54. The highest BCUT2D eigenvalue weighted by molar-refractivity contribution is 6.08. The minimum Gasteiger partial charge on any atom is -0.340 e. The molecule has 6 nitrogen and oxygen atoms in total. The predicted molar refractivity (Wildman–Crippen MR) is 77.2 cm³/mol. The normalized spacial score (nSPS) is 16.6. The van der Waals surface area contributed by atoms with Gasteiger partial charge < -0.3 is 10.2 Å². The summed E-state index contributed by atoms with van der Waals surface area (Å²) in [5.74, 6) is -1.22. The summed E-state index contributed by atoms with van der Waals surface area (Å²) in [6.45, 7) is 3.02. The molecule has 0 aliphatic carbocycles. The largest absolute Gasteiger partial charge is 0.340 e. The highest BCUT2D eigenvalue weighted by Gasteiger charge is 2.45. The van der Waals surface area contributed by atoms with E-state index in [-0.39, 0.29) is 18.9 Å². The lowest BCUT2D eigenvalue weighted by Gasteiger charge is -2.21. The van der Waals surface area contributed by atoms with Crippen molar-refractivity contribution in [1.82, 2.24) is 15.1 Å². The van der Waals surface area contributed by atoms with Gasteiger partial charge in [0, 0.05) is 13.6 Å². The monoisotopic (exact) mass is 307 g/mol. The molecule has 1 N–H and O–H groups in total. The Balaban J connectivity index is 2.00. The number of imide groups is 1. The van der Waals surface area contributed by atoms with Crippen LogP contribution in [0.2, 0.25) is 0 Å². The summed E-state index contributed by atoms with van der Waals surface area (Å²) < 4.78 is 13.1. The Morgan fingerprint density at radius 1 is 1.36 bits per heavy atom. The highest BCUT2D eigenvalue weighted by Crippen LogP contribution is 2.16. The summed E-state index contributed by atoms with van der Waals surface area (Å²) in [6.07, 6.45) is 0. The van der Waals surface area contributed by atoms with E-state index in [4.69, 9.17) is 0 Å². The minimum absolute atomic E-state index is 0.198. The molecule has 7 heteroatoms. The zero-order valence-corrected chi connectivity index (χ0v) is 12.7. The molecule has 0 radical (unpaired) electrons. The van der Waals surface area contributed by atoms with Crippen LogP contribution in [0.1, 0.15) is 19.4 Å². The van der Waals surface area contributed by atoms with Crippen molar-refractivity contribution in [1.29, 1.82) is 0 Å². The lowest BCUT2D eigenvalue weighted by atomic mass is 10.1. The number of rotatable bonds is 4. The SMILES string of the molecule is CN(Cc1cccc(F)c1)C(=O)CN1C(=O)NC(C)(C)C1=O. The van der Waals surface area contributed by atoms with Gasteiger partial charge in [-0.25, -0.2) is 9.18 Å². The Morgan fingerprint density at radius 2 is 2.05 bits per heavy atom. The molecule has 1 aromatic rings. The fourth-order valence-corrected chi connectivity index (χ4v) is 2.21. The van der Waals surface area contributed by atoms with E-state index in [1.165, 1.54) is 24.1 Å². The highest BCUT2D eigenvalue weighted by atomic mass is 19.1. The van der Waals surface area contributed by atoms with Crippen molar-refractivity contribution in [3.8, 4) is 0 Å². The molecule has 0 bridgehead atoms. The number of nitrogens with one attached hydrogen (secondary N) is 1. The number of likely N-dealkylation sites (N-methyl/N-ethyl adjacent to an activating group) is 1. The first-order valence-corrected chi connectivity index (χ1v) is 6.83. The van der Waals surface area contributed by atoms with Crippen molar-refractivity contribution in [3.63, 3.8) is 0 Å². The van der Waals surface area contributed by atoms with Gasteiger partial charge in [0.15, 0.2) is 0 Å². The summed E-state index contributed by atoms with van der Waals surface area (Å²) in [5.41, 5.74) is -0.369. The van der Waals surface area contributed by atoms with Gasteiger partial charge in [0.05, 0.1) is 0 Å². The number of urea groups is 1. The van der Waals surface area contributed by atoms with Crippen LogP contribution in [0, 0.1) is 5.82 Å². The molecule has 0 saturated carbocycles. The standard InChI is InChI=1S/C15H18FN3O3/c1-15(2)13(21)19(14(22)17-15)9-12(20)18(3)8-10-5-4-6-11(16)7-10/h4-7H,8-9H2,1-3H3,(H,17,22). The number of hydrogen-bond acceptors (Lipinski definition) is 3. The molecule has 1 heterocycles. The number of carbonyl (C=O) groups is 3. The molecule has 118 valence electrons. The molecule has 1 saturated heterocycles. The van der Waals surface area contributed by atoms with Crippen LogP contribution in [0.25, 0.3) is 0 Å². The van der Waals surface area contributed by atoms with Crippen LogP contribution >= 0.6 is 0 Å². The van der Waals surface area contributed by atoms with Gasteiger partial charge in [0.2, 0.25) is 5.91 Å². The molecular weight excluding hydrogens is 289 g/mol. The zero-order valence-electron chi connectivity index (χ0n) is 12.7. The third-order valence-electron chi connectivity index (χ3n) is 3.47. The van der Waals surface area contributed by atoms with Crippen molar-refractivity contribution < 1.29 is 18.8 Å². The van der Waals surface area contributed by atoms with Crippen LogP contribution in [0.4, 0.5) is 9.18 Å². The van der Waals surface area contributed by atoms with Crippen LogP contribution in [-0.4, -0.2) is 46.8 Å². The molecule has 1 aliphatic heterocycles. The average Bonchev–Trinajstić information content (AvgIpc) is 2.60. The third kappa shape index (κ3) is 3.24. The van der Waals surface area contributed by atoms with Gasteiger partial charge in [-0.1, -0.05) is 12.1 Å². The van der Waals surface area contributed by atoms with Crippen LogP contribution in [0.15, 0.2) is 24.3 Å². The van der Waals surface area contributed by atoms with Crippen LogP contribution in [0.3, 0.4) is 0 Å². The Hall–Kier alpha value is -2.44. The van der Waals surface area contributed by atoms with Gasteiger partial charge in [-0.05, 0) is 31.5 Å². The summed E-state index contributed by atoms with van der Waals surface area (Å²) in [5, 5.41) is 2.51. The van der Waals surface area contributed by atoms with Crippen molar-refractivity contribution >= 4 is 17.8 Å². The molecule has 0 unspecified atom stereocenters. The molecule has 0 atom stereocenters. The lowest BCUT2D eigenvalue weighted by molar-refractivity contribution is -0.138. The van der Waals surface area contributed by atoms with E-state index in [1.54, 1.807) is 26.0 Å². The quantitative estimate of drug-likeness (QED) is 0.847. The number of halogens is 1. The minimum atomic E-state index is -1.00. The first-order valence-electron chi connectivity index (χ1n) is 6.83. The molecule has 22 heavy (non-hydrogen) atoms. The van der Waals surface area contributed by atoms with Gasteiger partial charge >= 0.3 is 6.03 Å².